The Balaban J connectivity index is 2.19. The molecule has 30 heavy (non-hydrogen) atoms. The summed E-state index contributed by atoms with van der Waals surface area (Å²) >= 11 is 0. The third-order valence-corrected chi connectivity index (χ3v) is 5.66. The molecule has 0 aromatic heterocycles. The number of nitrogens with one attached hydrogen (secondary N) is 3. The number of amides is 2. The first kappa shape index (κ1) is 23.6. The van der Waals surface area contributed by atoms with Gasteiger partial charge in [-0.25, -0.2) is 13.1 Å². The average molecular weight is 432 g/mol. The van der Waals surface area contributed by atoms with E-state index >= 15 is 0 Å². The summed E-state index contributed by atoms with van der Waals surface area (Å²) in [6.45, 7) is 10.7. The Bertz CT molecular complexity index is 1050. The molecule has 3 N–H and O–H groups in total. The molecule has 162 valence electrons. The summed E-state index contributed by atoms with van der Waals surface area (Å²) in [4.78, 5) is 24.9. The molecule has 0 atom stereocenters. The summed E-state index contributed by atoms with van der Waals surface area (Å²) in [6, 6.07) is 12.6. The number of hydrogen-bond donors (Lipinski definition) is 3. The van der Waals surface area contributed by atoms with Crippen molar-refractivity contribution in [3.63, 3.8) is 0 Å². The Kier molecular flexibility index (Phi) is 6.73. The third-order valence-electron chi connectivity index (χ3n) is 3.91. The van der Waals surface area contributed by atoms with E-state index in [0.717, 1.165) is 0 Å². The highest BCUT2D eigenvalue weighted by Gasteiger charge is 2.23. The minimum atomic E-state index is -3.72. The van der Waals surface area contributed by atoms with Gasteiger partial charge in [0.15, 0.2) is 0 Å². The second kappa shape index (κ2) is 8.57. The van der Waals surface area contributed by atoms with Gasteiger partial charge < -0.3 is 10.6 Å². The monoisotopic (exact) mass is 431 g/mol. The summed E-state index contributed by atoms with van der Waals surface area (Å²) in [5, 5.41) is 5.49. The van der Waals surface area contributed by atoms with Crippen molar-refractivity contribution >= 4 is 33.2 Å². The summed E-state index contributed by atoms with van der Waals surface area (Å²) in [6.07, 6.45) is 0. The quantitative estimate of drug-likeness (QED) is 0.665. The van der Waals surface area contributed by atoms with Crippen molar-refractivity contribution in [1.29, 1.82) is 0 Å². The topological polar surface area (TPSA) is 104 Å². The highest BCUT2D eigenvalue weighted by atomic mass is 32.2. The molecule has 8 heteroatoms. The van der Waals surface area contributed by atoms with Crippen LogP contribution in [0.4, 0.5) is 11.4 Å². The van der Waals surface area contributed by atoms with Gasteiger partial charge in [0.05, 0.1) is 4.90 Å². The van der Waals surface area contributed by atoms with Crippen LogP contribution in [0, 0.1) is 5.41 Å². The van der Waals surface area contributed by atoms with E-state index in [4.69, 9.17) is 0 Å². The predicted molar refractivity (Wildman–Crippen MR) is 119 cm³/mol. The van der Waals surface area contributed by atoms with Crippen LogP contribution in [0.2, 0.25) is 0 Å². The normalized spacial score (nSPS) is 12.3. The molecule has 0 aliphatic heterocycles. The minimum Gasteiger partial charge on any atom is -0.326 e. The minimum absolute atomic E-state index is 0.0569. The maximum Gasteiger partial charge on any atom is 0.255 e. The molecule has 2 rings (SSSR count). The van der Waals surface area contributed by atoms with Crippen LogP contribution >= 0.6 is 0 Å². The number of hydrogen-bond acceptors (Lipinski definition) is 4. The number of sulfonamides is 1. The largest absolute Gasteiger partial charge is 0.326 e. The lowest BCUT2D eigenvalue weighted by Crippen LogP contribution is -2.40. The van der Waals surface area contributed by atoms with E-state index in [0.29, 0.717) is 16.9 Å². The highest BCUT2D eigenvalue weighted by Crippen LogP contribution is 2.20. The fraction of sp³-hybridized carbons (Fsp3) is 0.364. The fourth-order valence-corrected chi connectivity index (χ4v) is 3.93. The number of benzene rings is 2. The molecule has 0 radical (unpaired) electrons. The maximum atomic E-state index is 12.6. The lowest BCUT2D eigenvalue weighted by atomic mass is 9.95. The molecule has 7 nitrogen and oxygen atoms in total. The van der Waals surface area contributed by atoms with Crippen LogP contribution in [0.25, 0.3) is 0 Å². The van der Waals surface area contributed by atoms with Crippen LogP contribution in [-0.2, 0) is 14.8 Å². The second-order valence-electron chi connectivity index (χ2n) is 9.12. The molecule has 0 spiro atoms. The molecule has 0 saturated heterocycles. The van der Waals surface area contributed by atoms with E-state index in [1.165, 1.54) is 12.1 Å². The molecule has 2 amide bonds. The van der Waals surface area contributed by atoms with E-state index < -0.39 is 26.9 Å². The SMILES string of the molecule is CC(C)(C)NS(=O)(=O)c1cccc(NC(=O)c2cccc(NC(=O)C(C)(C)C)c2)c1. The number of anilines is 2. The molecule has 2 aromatic rings. The van der Waals surface area contributed by atoms with Crippen molar-refractivity contribution in [3.8, 4) is 0 Å². The summed E-state index contributed by atoms with van der Waals surface area (Å²) in [5.41, 5.74) is -0.00151. The lowest BCUT2D eigenvalue weighted by Gasteiger charge is -2.20. The van der Waals surface area contributed by atoms with Gasteiger partial charge in [-0.2, -0.15) is 0 Å². The predicted octanol–water partition coefficient (Wildman–Crippen LogP) is 4.00. The second-order valence-corrected chi connectivity index (χ2v) is 10.8. The molecule has 0 aliphatic rings. The number of carbonyl (C=O) groups excluding carboxylic acids is 2. The highest BCUT2D eigenvalue weighted by molar-refractivity contribution is 7.89. The van der Waals surface area contributed by atoms with E-state index in [2.05, 4.69) is 15.4 Å². The van der Waals surface area contributed by atoms with Gasteiger partial charge in [-0.3, -0.25) is 9.59 Å². The smallest absolute Gasteiger partial charge is 0.255 e. The van der Waals surface area contributed by atoms with Gasteiger partial charge in [0, 0.05) is 27.9 Å². The average Bonchev–Trinajstić information content (AvgIpc) is 2.59. The van der Waals surface area contributed by atoms with Crippen LogP contribution < -0.4 is 15.4 Å². The van der Waals surface area contributed by atoms with Crippen LogP contribution in [0.5, 0.6) is 0 Å². The van der Waals surface area contributed by atoms with Crippen LogP contribution in [0.3, 0.4) is 0 Å². The molecule has 2 aromatic carbocycles. The summed E-state index contributed by atoms with van der Waals surface area (Å²) < 4.78 is 27.6. The standard InChI is InChI=1S/C22H29N3O4S/c1-21(2,3)20(27)24-16-10-7-9-15(13-16)19(26)23-17-11-8-12-18(14-17)30(28,29)25-22(4,5)6/h7-14,25H,1-6H3,(H,23,26)(H,24,27). The van der Waals surface area contributed by atoms with Gasteiger partial charge in [-0.15, -0.1) is 0 Å². The van der Waals surface area contributed by atoms with Crippen LogP contribution in [0.1, 0.15) is 51.9 Å². The van der Waals surface area contributed by atoms with E-state index in [1.807, 2.05) is 0 Å². The van der Waals surface area contributed by atoms with Crippen molar-refractivity contribution in [2.24, 2.45) is 5.41 Å². The van der Waals surface area contributed by atoms with Gasteiger partial charge in [0.1, 0.15) is 0 Å². The van der Waals surface area contributed by atoms with Gasteiger partial charge >= 0.3 is 0 Å². The molecule has 0 unspecified atom stereocenters. The van der Waals surface area contributed by atoms with E-state index in [9.17, 15) is 18.0 Å². The third kappa shape index (κ3) is 6.67. The Morgan fingerprint density at radius 2 is 1.37 bits per heavy atom. The van der Waals surface area contributed by atoms with Gasteiger partial charge in [-0.1, -0.05) is 32.9 Å². The molecule has 0 fully saturated rings. The molecule has 0 bridgehead atoms. The number of rotatable bonds is 5. The zero-order chi connectivity index (χ0) is 22.7. The van der Waals surface area contributed by atoms with E-state index in [-0.39, 0.29) is 10.8 Å². The molecular weight excluding hydrogens is 402 g/mol. The van der Waals surface area contributed by atoms with Crippen LogP contribution in [0.15, 0.2) is 53.4 Å². The molecule has 0 saturated carbocycles. The summed E-state index contributed by atoms with van der Waals surface area (Å²) in [7, 11) is -3.72. The van der Waals surface area contributed by atoms with Gasteiger partial charge in [0.2, 0.25) is 15.9 Å². The lowest BCUT2D eigenvalue weighted by molar-refractivity contribution is -0.123. The Labute approximate surface area is 178 Å². The molecule has 0 aliphatic carbocycles. The van der Waals surface area contributed by atoms with Crippen molar-refractivity contribution in [2.75, 3.05) is 10.6 Å². The van der Waals surface area contributed by atoms with Crippen molar-refractivity contribution in [1.82, 2.24) is 4.72 Å². The molecular formula is C22H29N3O4S. The molecule has 0 heterocycles. The zero-order valence-electron chi connectivity index (χ0n) is 18.2. The van der Waals surface area contributed by atoms with E-state index in [1.54, 1.807) is 77.9 Å². The maximum absolute atomic E-state index is 12.6. The zero-order valence-corrected chi connectivity index (χ0v) is 19.0. The fourth-order valence-electron chi connectivity index (χ4n) is 2.46. The van der Waals surface area contributed by atoms with Crippen molar-refractivity contribution in [3.05, 3.63) is 54.1 Å². The van der Waals surface area contributed by atoms with Gasteiger partial charge in [0.25, 0.3) is 5.91 Å². The first-order chi connectivity index (χ1) is 13.7. The first-order valence-electron chi connectivity index (χ1n) is 9.54. The van der Waals surface area contributed by atoms with Crippen molar-refractivity contribution < 1.29 is 18.0 Å². The van der Waals surface area contributed by atoms with Gasteiger partial charge in [-0.05, 0) is 57.2 Å². The van der Waals surface area contributed by atoms with Crippen molar-refractivity contribution in [2.45, 2.75) is 52.0 Å². The van der Waals surface area contributed by atoms with Crippen LogP contribution in [-0.4, -0.2) is 25.8 Å². The Hall–Kier alpha value is -2.71. The first-order valence-corrected chi connectivity index (χ1v) is 11.0. The number of carbonyl (C=O) groups is 2. The Morgan fingerprint density at radius 1 is 0.800 bits per heavy atom. The Morgan fingerprint density at radius 3 is 1.93 bits per heavy atom. The summed E-state index contributed by atoms with van der Waals surface area (Å²) in [5.74, 6) is -0.579.